The molecule has 1 aliphatic rings. The molecule has 24 heavy (non-hydrogen) atoms. The minimum Gasteiger partial charge on any atom is -0.489 e. The Bertz CT molecular complexity index is 652. The lowest BCUT2D eigenvalue weighted by atomic mass is 10.1. The number of nitrogens with one attached hydrogen (secondary N) is 1. The smallest absolute Gasteiger partial charge is 0.222 e. The van der Waals surface area contributed by atoms with Crippen LogP contribution in [-0.2, 0) is 17.8 Å². The number of aryl methyl sites for hydroxylation is 1. The summed E-state index contributed by atoms with van der Waals surface area (Å²) in [6.07, 6.45) is 1.25. The van der Waals surface area contributed by atoms with Crippen LogP contribution in [0.3, 0.4) is 0 Å². The van der Waals surface area contributed by atoms with Gasteiger partial charge in [-0.3, -0.25) is 4.79 Å². The van der Waals surface area contributed by atoms with Crippen molar-refractivity contribution in [2.24, 2.45) is 0 Å². The van der Waals surface area contributed by atoms with Gasteiger partial charge in [0.05, 0.1) is 0 Å². The van der Waals surface area contributed by atoms with Crippen molar-refractivity contribution in [3.8, 4) is 5.75 Å². The van der Waals surface area contributed by atoms with Crippen molar-refractivity contribution < 1.29 is 9.53 Å². The number of nitrogens with zero attached hydrogens (tertiary/aromatic N) is 1. The molecule has 0 saturated carbocycles. The van der Waals surface area contributed by atoms with Gasteiger partial charge in [0, 0.05) is 32.6 Å². The van der Waals surface area contributed by atoms with E-state index in [0.29, 0.717) is 19.4 Å². The summed E-state index contributed by atoms with van der Waals surface area (Å²) in [6, 6.07) is 18.1. The Kier molecular flexibility index (Phi) is 5.85. The van der Waals surface area contributed by atoms with E-state index in [1.54, 1.807) is 0 Å². The van der Waals surface area contributed by atoms with Crippen LogP contribution in [0.4, 0.5) is 0 Å². The maximum Gasteiger partial charge on any atom is 0.222 e. The molecule has 0 bridgehead atoms. The molecule has 1 aliphatic heterocycles. The Hall–Kier alpha value is -2.33. The predicted octanol–water partition coefficient (Wildman–Crippen LogP) is 2.63. The van der Waals surface area contributed by atoms with Gasteiger partial charge in [-0.15, -0.1) is 0 Å². The lowest BCUT2D eigenvalue weighted by molar-refractivity contribution is -0.131. The molecule has 1 N–H and O–H groups in total. The van der Waals surface area contributed by atoms with Gasteiger partial charge in [-0.25, -0.2) is 0 Å². The third kappa shape index (κ3) is 4.59. The topological polar surface area (TPSA) is 41.6 Å². The van der Waals surface area contributed by atoms with Gasteiger partial charge in [-0.05, 0) is 23.6 Å². The summed E-state index contributed by atoms with van der Waals surface area (Å²) in [5.74, 6) is 1.10. The molecule has 126 valence electrons. The standard InChI is InChI=1S/C20H24N2O2/c23-20(22-14-12-21-13-15-22)11-10-18-8-4-5-9-19(18)24-16-17-6-2-1-3-7-17/h1-9,21H,10-16H2. The summed E-state index contributed by atoms with van der Waals surface area (Å²) in [5, 5.41) is 3.27. The number of piperazine rings is 1. The highest BCUT2D eigenvalue weighted by Crippen LogP contribution is 2.21. The van der Waals surface area contributed by atoms with E-state index in [1.165, 1.54) is 0 Å². The highest BCUT2D eigenvalue weighted by atomic mass is 16.5. The Morgan fingerprint density at radius 1 is 1.00 bits per heavy atom. The summed E-state index contributed by atoms with van der Waals surface area (Å²) < 4.78 is 5.97. The van der Waals surface area contributed by atoms with E-state index in [1.807, 2.05) is 47.4 Å². The molecule has 0 atom stereocenters. The molecule has 0 spiro atoms. The zero-order valence-electron chi connectivity index (χ0n) is 13.9. The van der Waals surface area contributed by atoms with E-state index < -0.39 is 0 Å². The van der Waals surface area contributed by atoms with E-state index >= 15 is 0 Å². The molecule has 1 amide bonds. The van der Waals surface area contributed by atoms with Gasteiger partial charge in [0.1, 0.15) is 12.4 Å². The second-order valence-corrected chi connectivity index (χ2v) is 6.01. The average Bonchev–Trinajstić information content (AvgIpc) is 2.66. The first-order chi connectivity index (χ1) is 11.8. The number of rotatable bonds is 6. The van der Waals surface area contributed by atoms with Crippen LogP contribution in [0.1, 0.15) is 17.5 Å². The molecular formula is C20H24N2O2. The van der Waals surface area contributed by atoms with E-state index in [4.69, 9.17) is 4.74 Å². The minimum atomic E-state index is 0.231. The molecule has 3 rings (SSSR count). The molecule has 2 aromatic rings. The second kappa shape index (κ2) is 8.50. The third-order valence-corrected chi connectivity index (χ3v) is 4.29. The zero-order valence-corrected chi connectivity index (χ0v) is 13.9. The van der Waals surface area contributed by atoms with Crippen LogP contribution < -0.4 is 10.1 Å². The molecule has 0 unspecified atom stereocenters. The van der Waals surface area contributed by atoms with Crippen molar-refractivity contribution in [3.63, 3.8) is 0 Å². The molecule has 0 aromatic heterocycles. The van der Waals surface area contributed by atoms with Crippen LogP contribution in [-0.4, -0.2) is 37.0 Å². The van der Waals surface area contributed by atoms with Crippen molar-refractivity contribution >= 4 is 5.91 Å². The summed E-state index contributed by atoms with van der Waals surface area (Å²) in [4.78, 5) is 14.3. The maximum absolute atomic E-state index is 12.3. The number of amides is 1. The lowest BCUT2D eigenvalue weighted by Crippen LogP contribution is -2.46. The van der Waals surface area contributed by atoms with Crippen LogP contribution in [0.2, 0.25) is 0 Å². The number of hydrogen-bond donors (Lipinski definition) is 1. The first-order valence-electron chi connectivity index (χ1n) is 8.56. The van der Waals surface area contributed by atoms with Crippen molar-refractivity contribution in [1.29, 1.82) is 0 Å². The number of para-hydroxylation sites is 1. The molecule has 1 fully saturated rings. The molecule has 0 radical (unpaired) electrons. The monoisotopic (exact) mass is 324 g/mol. The van der Waals surface area contributed by atoms with Crippen molar-refractivity contribution in [2.45, 2.75) is 19.4 Å². The van der Waals surface area contributed by atoms with Gasteiger partial charge in [-0.1, -0.05) is 48.5 Å². The average molecular weight is 324 g/mol. The molecule has 4 nitrogen and oxygen atoms in total. The Balaban J connectivity index is 1.56. The normalized spacial score (nSPS) is 14.4. The number of hydrogen-bond acceptors (Lipinski definition) is 3. The molecular weight excluding hydrogens is 300 g/mol. The highest BCUT2D eigenvalue weighted by Gasteiger charge is 2.16. The fraction of sp³-hybridized carbons (Fsp3) is 0.350. The first kappa shape index (κ1) is 16.5. The highest BCUT2D eigenvalue weighted by molar-refractivity contribution is 5.76. The third-order valence-electron chi connectivity index (χ3n) is 4.29. The van der Waals surface area contributed by atoms with E-state index in [2.05, 4.69) is 17.4 Å². The second-order valence-electron chi connectivity index (χ2n) is 6.01. The van der Waals surface area contributed by atoms with Crippen molar-refractivity contribution in [2.75, 3.05) is 26.2 Å². The van der Waals surface area contributed by atoms with Gasteiger partial charge < -0.3 is 15.0 Å². The number of carbonyl (C=O) groups excluding carboxylic acids is 1. The van der Waals surface area contributed by atoms with Crippen LogP contribution in [0.5, 0.6) is 5.75 Å². The fourth-order valence-corrected chi connectivity index (χ4v) is 2.90. The van der Waals surface area contributed by atoms with Crippen LogP contribution in [0.15, 0.2) is 54.6 Å². The SMILES string of the molecule is O=C(CCc1ccccc1OCc1ccccc1)N1CCNCC1. The summed E-state index contributed by atoms with van der Waals surface area (Å²) >= 11 is 0. The number of carbonyl (C=O) groups is 1. The van der Waals surface area contributed by atoms with Crippen molar-refractivity contribution in [3.05, 3.63) is 65.7 Å². The summed E-state index contributed by atoms with van der Waals surface area (Å²) in [7, 11) is 0. The Morgan fingerprint density at radius 2 is 1.71 bits per heavy atom. The molecule has 1 heterocycles. The quantitative estimate of drug-likeness (QED) is 0.888. The van der Waals surface area contributed by atoms with Crippen LogP contribution in [0.25, 0.3) is 0 Å². The predicted molar refractivity (Wildman–Crippen MR) is 95.0 cm³/mol. The lowest BCUT2D eigenvalue weighted by Gasteiger charge is -2.27. The van der Waals surface area contributed by atoms with Gasteiger partial charge in [0.15, 0.2) is 0 Å². The van der Waals surface area contributed by atoms with Crippen LogP contribution >= 0.6 is 0 Å². The van der Waals surface area contributed by atoms with E-state index in [0.717, 1.165) is 43.1 Å². The van der Waals surface area contributed by atoms with Crippen LogP contribution in [0, 0.1) is 0 Å². The number of benzene rings is 2. The van der Waals surface area contributed by atoms with Gasteiger partial charge in [0.2, 0.25) is 5.91 Å². The summed E-state index contributed by atoms with van der Waals surface area (Å²) in [5.41, 5.74) is 2.24. The maximum atomic E-state index is 12.3. The van der Waals surface area contributed by atoms with Gasteiger partial charge in [0.25, 0.3) is 0 Å². The largest absolute Gasteiger partial charge is 0.489 e. The summed E-state index contributed by atoms with van der Waals surface area (Å²) in [6.45, 7) is 3.95. The van der Waals surface area contributed by atoms with E-state index in [9.17, 15) is 4.79 Å². The molecule has 4 heteroatoms. The van der Waals surface area contributed by atoms with Crippen molar-refractivity contribution in [1.82, 2.24) is 10.2 Å². The fourth-order valence-electron chi connectivity index (χ4n) is 2.90. The van der Waals surface area contributed by atoms with Gasteiger partial charge >= 0.3 is 0 Å². The Morgan fingerprint density at radius 3 is 2.50 bits per heavy atom. The van der Waals surface area contributed by atoms with Gasteiger partial charge in [-0.2, -0.15) is 0 Å². The minimum absolute atomic E-state index is 0.231. The number of ether oxygens (including phenoxy) is 1. The first-order valence-corrected chi connectivity index (χ1v) is 8.56. The van der Waals surface area contributed by atoms with E-state index in [-0.39, 0.29) is 5.91 Å². The molecule has 1 saturated heterocycles. The Labute approximate surface area is 143 Å². The zero-order chi connectivity index (χ0) is 16.6. The molecule has 2 aromatic carbocycles. The molecule has 0 aliphatic carbocycles.